The normalized spacial score (nSPS) is 25.7. The van der Waals surface area contributed by atoms with E-state index in [0.717, 1.165) is 28.7 Å². The van der Waals surface area contributed by atoms with Gasteiger partial charge in [0, 0.05) is 68.8 Å². The number of amides is 4. The zero-order chi connectivity index (χ0) is 36.0. The van der Waals surface area contributed by atoms with Gasteiger partial charge in [0.05, 0.1) is 23.5 Å². The molecule has 0 aliphatic carbocycles. The zero-order valence-corrected chi connectivity index (χ0v) is 28.5. The monoisotopic (exact) mass is 726 g/mol. The predicted molar refractivity (Wildman–Crippen MR) is 179 cm³/mol. The molecule has 3 aromatic rings. The van der Waals surface area contributed by atoms with Crippen molar-refractivity contribution in [3.05, 3.63) is 77.8 Å². The summed E-state index contributed by atoms with van der Waals surface area (Å²) >= 11 is 1.29. The van der Waals surface area contributed by atoms with Crippen LogP contribution in [0.5, 0.6) is 0 Å². The topological polar surface area (TPSA) is 137 Å². The van der Waals surface area contributed by atoms with Gasteiger partial charge in [0.2, 0.25) is 11.8 Å². The number of imidazole rings is 1. The maximum Gasteiger partial charge on any atom is 0.409 e. The second kappa shape index (κ2) is 14.3. The van der Waals surface area contributed by atoms with Crippen molar-refractivity contribution in [1.29, 1.82) is 0 Å². The van der Waals surface area contributed by atoms with Gasteiger partial charge in [-0.3, -0.25) is 19.3 Å². The number of nitrogens with one attached hydrogen (secondary N) is 1. The Morgan fingerprint density at radius 1 is 1.10 bits per heavy atom. The molecule has 4 aliphatic rings. The third-order valence-electron chi connectivity index (χ3n) is 10.2. The molecule has 7 rings (SSSR count). The first kappa shape index (κ1) is 35.0. The Labute approximate surface area is 295 Å². The van der Waals surface area contributed by atoms with Crippen LogP contribution in [0.1, 0.15) is 23.9 Å². The van der Waals surface area contributed by atoms with Gasteiger partial charge in [0.1, 0.15) is 36.3 Å². The number of hydrogen-bond donors (Lipinski definition) is 2. The average molecular weight is 727 g/mol. The molecule has 0 bridgehead atoms. The van der Waals surface area contributed by atoms with E-state index in [9.17, 15) is 28.7 Å². The highest BCUT2D eigenvalue weighted by Crippen LogP contribution is 2.41. The van der Waals surface area contributed by atoms with Crippen molar-refractivity contribution in [2.45, 2.75) is 42.6 Å². The molecular formula is C35H37F3N6O6S. The van der Waals surface area contributed by atoms with Gasteiger partial charge in [-0.05, 0) is 30.0 Å². The summed E-state index contributed by atoms with van der Waals surface area (Å²) in [5.41, 5.74) is 0.878. The molecule has 5 heterocycles. The van der Waals surface area contributed by atoms with Gasteiger partial charge in [0.15, 0.2) is 0 Å². The standard InChI is InChI=1S/C35H37F3N6O6S/c1-51-27-12-28(45)43(33(27)47)9-10-50-35(49)42-15-20(16-42)30(44-17-23-25(38)13-39-29(23)31(46)34(44)48)32-40-26(22-11-21(36)7-8-24(22)37)18-41(32)14-19-5-3-2-4-6-19/h2-8,11,18,20,23,25,27,29-31,39,46H,9-10,12-17H2,1H3/t23?,25?,27?,29?,30?,31-/m0/s1. The smallest absolute Gasteiger partial charge is 0.409 e. The van der Waals surface area contributed by atoms with Gasteiger partial charge in [0.25, 0.3) is 5.91 Å². The molecule has 4 aliphatic heterocycles. The summed E-state index contributed by atoms with van der Waals surface area (Å²) < 4.78 is 51.7. The number of piperidine rings is 1. The van der Waals surface area contributed by atoms with E-state index in [1.165, 1.54) is 21.6 Å². The summed E-state index contributed by atoms with van der Waals surface area (Å²) in [5, 5.41) is 13.5. The highest BCUT2D eigenvalue weighted by atomic mass is 32.2. The van der Waals surface area contributed by atoms with Gasteiger partial charge in [-0.1, -0.05) is 30.3 Å². The van der Waals surface area contributed by atoms with Crippen LogP contribution in [0.25, 0.3) is 11.3 Å². The number of fused-ring (bicyclic) bond motifs is 1. The maximum atomic E-state index is 15.1. The van der Waals surface area contributed by atoms with Gasteiger partial charge in [-0.25, -0.2) is 22.9 Å². The largest absolute Gasteiger partial charge is 0.448 e. The van der Waals surface area contributed by atoms with Crippen LogP contribution >= 0.6 is 11.8 Å². The van der Waals surface area contributed by atoms with Crippen molar-refractivity contribution in [2.75, 3.05) is 45.6 Å². The Hall–Kier alpha value is -4.41. The Balaban J connectivity index is 1.18. The third kappa shape index (κ3) is 6.71. The molecule has 2 N–H and O–H groups in total. The molecular weight excluding hydrogens is 689 g/mol. The number of ether oxygens (including phenoxy) is 1. The number of alkyl halides is 1. The fourth-order valence-electron chi connectivity index (χ4n) is 7.49. The summed E-state index contributed by atoms with van der Waals surface area (Å²) in [5.74, 6) is -3.53. The number of imide groups is 1. The lowest BCUT2D eigenvalue weighted by atomic mass is 9.84. The maximum absolute atomic E-state index is 15.1. The molecule has 0 radical (unpaired) electrons. The Morgan fingerprint density at radius 3 is 2.59 bits per heavy atom. The van der Waals surface area contributed by atoms with Crippen molar-refractivity contribution in [1.82, 2.24) is 29.6 Å². The number of carbonyl (C=O) groups is 4. The Kier molecular flexibility index (Phi) is 9.82. The molecule has 0 saturated carbocycles. The first-order chi connectivity index (χ1) is 24.5. The lowest BCUT2D eigenvalue weighted by Crippen LogP contribution is -2.63. The summed E-state index contributed by atoms with van der Waals surface area (Å²) in [6.45, 7) is 0.0923. The van der Waals surface area contributed by atoms with E-state index < -0.39 is 65.1 Å². The van der Waals surface area contributed by atoms with Gasteiger partial charge < -0.3 is 29.5 Å². The van der Waals surface area contributed by atoms with Crippen LogP contribution in [-0.2, 0) is 25.7 Å². The summed E-state index contributed by atoms with van der Waals surface area (Å²) in [7, 11) is 0. The van der Waals surface area contributed by atoms with E-state index >= 15 is 8.78 Å². The molecule has 0 spiro atoms. The summed E-state index contributed by atoms with van der Waals surface area (Å²) in [4.78, 5) is 60.3. The minimum Gasteiger partial charge on any atom is -0.448 e. The second-order valence-electron chi connectivity index (χ2n) is 13.3. The number of aliphatic hydroxyl groups is 1. The van der Waals surface area contributed by atoms with Crippen molar-refractivity contribution in [3.63, 3.8) is 0 Å². The van der Waals surface area contributed by atoms with Crippen molar-refractivity contribution in [2.24, 2.45) is 11.8 Å². The summed E-state index contributed by atoms with van der Waals surface area (Å²) in [6, 6.07) is 10.7. The molecule has 51 heavy (non-hydrogen) atoms. The minimum absolute atomic E-state index is 0.0145. The fraction of sp³-hybridized carbons (Fsp3) is 0.457. The number of thioether (sulfide) groups is 1. The molecule has 12 nitrogen and oxygen atoms in total. The third-order valence-corrected chi connectivity index (χ3v) is 11.1. The quantitative estimate of drug-likeness (QED) is 0.302. The zero-order valence-electron chi connectivity index (χ0n) is 27.7. The number of aromatic nitrogens is 2. The number of nitrogens with zero attached hydrogens (tertiary/aromatic N) is 5. The number of rotatable bonds is 10. The Bertz CT molecular complexity index is 1830. The van der Waals surface area contributed by atoms with Crippen molar-refractivity contribution in [3.8, 4) is 11.3 Å². The highest BCUT2D eigenvalue weighted by Gasteiger charge is 2.53. The lowest BCUT2D eigenvalue weighted by molar-refractivity contribution is -0.155. The molecule has 4 fully saturated rings. The van der Waals surface area contributed by atoms with E-state index in [2.05, 4.69) is 5.32 Å². The Morgan fingerprint density at radius 2 is 1.86 bits per heavy atom. The lowest BCUT2D eigenvalue weighted by Gasteiger charge is -2.49. The van der Waals surface area contributed by atoms with E-state index in [0.29, 0.717) is 5.82 Å². The number of carbonyl (C=O) groups excluding carboxylic acids is 4. The predicted octanol–water partition coefficient (Wildman–Crippen LogP) is 2.61. The summed E-state index contributed by atoms with van der Waals surface area (Å²) in [6.07, 6.45) is -0.124. The van der Waals surface area contributed by atoms with Gasteiger partial charge in [-0.15, -0.1) is 0 Å². The molecule has 1 aromatic heterocycles. The number of hydrogen-bond acceptors (Lipinski definition) is 9. The van der Waals surface area contributed by atoms with E-state index in [4.69, 9.17) is 9.72 Å². The molecule has 4 amide bonds. The van der Waals surface area contributed by atoms with Crippen LogP contribution in [0, 0.1) is 23.5 Å². The first-order valence-corrected chi connectivity index (χ1v) is 18.0. The number of likely N-dealkylation sites (tertiary alicyclic amines) is 3. The molecule has 5 unspecified atom stereocenters. The molecule has 6 atom stereocenters. The van der Waals surface area contributed by atoms with Crippen LogP contribution in [-0.4, -0.2) is 122 Å². The molecule has 16 heteroatoms. The van der Waals surface area contributed by atoms with Crippen molar-refractivity contribution < 1.29 is 42.2 Å². The van der Waals surface area contributed by atoms with Crippen LogP contribution in [0.15, 0.2) is 54.7 Å². The van der Waals surface area contributed by atoms with Gasteiger partial charge in [-0.2, -0.15) is 11.8 Å². The fourth-order valence-corrected chi connectivity index (χ4v) is 8.13. The van der Waals surface area contributed by atoms with Gasteiger partial charge >= 0.3 is 6.09 Å². The van der Waals surface area contributed by atoms with Crippen LogP contribution < -0.4 is 5.32 Å². The van der Waals surface area contributed by atoms with Crippen LogP contribution in [0.4, 0.5) is 18.0 Å². The van der Waals surface area contributed by atoms with Crippen molar-refractivity contribution >= 4 is 35.6 Å². The van der Waals surface area contributed by atoms with E-state index in [1.54, 1.807) is 17.0 Å². The number of halogens is 3. The van der Waals surface area contributed by atoms with Crippen LogP contribution in [0.3, 0.4) is 0 Å². The first-order valence-electron chi connectivity index (χ1n) is 16.7. The highest BCUT2D eigenvalue weighted by molar-refractivity contribution is 8.00. The average Bonchev–Trinajstić information content (AvgIpc) is 3.76. The molecule has 4 saturated heterocycles. The second-order valence-corrected chi connectivity index (χ2v) is 14.3. The number of benzene rings is 2. The SMILES string of the molecule is CSC1CC(=O)N(CCOC(=O)N2CC(C(c3nc(-c4cc(F)ccc4F)cn3Cc3ccccc3)N3CC4C(F)CNC4[C@H](O)C3=O)C2)C1=O. The minimum atomic E-state index is -1.53. The molecule has 2 aromatic carbocycles. The number of aliphatic hydroxyl groups excluding tert-OH is 1. The van der Waals surface area contributed by atoms with E-state index in [1.807, 2.05) is 30.3 Å². The van der Waals surface area contributed by atoms with Crippen LogP contribution in [0.2, 0.25) is 0 Å². The molecule has 270 valence electrons. The van der Waals surface area contributed by atoms with E-state index in [-0.39, 0.29) is 75.4 Å².